The van der Waals surface area contributed by atoms with E-state index in [1.54, 1.807) is 0 Å². The Bertz CT molecular complexity index is 382. The lowest BCUT2D eigenvalue weighted by molar-refractivity contribution is -0.224. The summed E-state index contributed by atoms with van der Waals surface area (Å²) in [6.45, 7) is 11.1. The summed E-state index contributed by atoms with van der Waals surface area (Å²) in [5, 5.41) is 0. The molecule has 1 aromatic carbocycles. The maximum Gasteiger partial charge on any atom is 0.373 e. The summed E-state index contributed by atoms with van der Waals surface area (Å²) in [5.41, 5.74) is 2.18. The molecule has 0 fully saturated rings. The summed E-state index contributed by atoms with van der Waals surface area (Å²) < 4.78 is 0. The molecule has 0 N–H and O–H groups in total. The maximum absolute atomic E-state index is 11.8. The molecule has 3 nitrogen and oxygen atoms in total. The molecule has 0 aliphatic carbocycles. The number of carbonyl (C=O) groups is 1. The number of rotatable bonds is 3. The molecule has 93 valence electrons. The van der Waals surface area contributed by atoms with Gasteiger partial charge in [0.2, 0.25) is 0 Å². The third-order valence-electron chi connectivity index (χ3n) is 2.21. The highest BCUT2D eigenvalue weighted by Crippen LogP contribution is 2.19. The van der Waals surface area contributed by atoms with Crippen LogP contribution in [-0.4, -0.2) is 5.97 Å². The predicted molar refractivity (Wildman–Crippen MR) is 66.2 cm³/mol. The fourth-order valence-corrected chi connectivity index (χ4v) is 1.39. The van der Waals surface area contributed by atoms with Crippen molar-refractivity contribution in [2.75, 3.05) is 0 Å². The standard InChI is InChI=1S/C14H19O3/c1-10-7-6-8-11(2)12(10)13(15)17-16-9-14(3,4)5/h6-9H,1-5H3. The van der Waals surface area contributed by atoms with Crippen molar-refractivity contribution in [2.45, 2.75) is 34.6 Å². The second-order valence-electron chi connectivity index (χ2n) is 5.22. The van der Waals surface area contributed by atoms with Gasteiger partial charge in [0, 0.05) is 0 Å². The first-order chi connectivity index (χ1) is 7.81. The number of hydrogen-bond donors (Lipinski definition) is 0. The lowest BCUT2D eigenvalue weighted by atomic mass is 9.99. The van der Waals surface area contributed by atoms with Crippen LogP contribution in [0.25, 0.3) is 0 Å². The van der Waals surface area contributed by atoms with Crippen molar-refractivity contribution in [1.29, 1.82) is 0 Å². The first-order valence-corrected chi connectivity index (χ1v) is 5.59. The van der Waals surface area contributed by atoms with Crippen molar-refractivity contribution < 1.29 is 14.6 Å². The molecule has 0 atom stereocenters. The van der Waals surface area contributed by atoms with E-state index in [1.165, 1.54) is 6.61 Å². The molecule has 17 heavy (non-hydrogen) atoms. The molecule has 0 saturated heterocycles. The van der Waals surface area contributed by atoms with Gasteiger partial charge in [-0.05, 0) is 30.4 Å². The maximum atomic E-state index is 11.8. The summed E-state index contributed by atoms with van der Waals surface area (Å²) in [4.78, 5) is 21.4. The highest BCUT2D eigenvalue weighted by molar-refractivity contribution is 5.92. The Morgan fingerprint density at radius 3 is 2.18 bits per heavy atom. The molecule has 1 radical (unpaired) electrons. The largest absolute Gasteiger partial charge is 0.373 e. The molecule has 0 spiro atoms. The molecule has 1 rings (SSSR count). The SMILES string of the molecule is Cc1cccc(C)c1C(=O)OO[CH]C(C)(C)C. The molecule has 0 aromatic heterocycles. The van der Waals surface area contributed by atoms with E-state index in [9.17, 15) is 4.79 Å². The second-order valence-corrected chi connectivity index (χ2v) is 5.22. The number of aryl methyl sites for hydroxylation is 2. The Hall–Kier alpha value is -1.35. The molecule has 0 heterocycles. The lowest BCUT2D eigenvalue weighted by Crippen LogP contribution is -2.13. The van der Waals surface area contributed by atoms with Crippen LogP contribution in [0.1, 0.15) is 42.3 Å². The van der Waals surface area contributed by atoms with Crippen molar-refractivity contribution in [3.8, 4) is 0 Å². The van der Waals surface area contributed by atoms with Gasteiger partial charge in [-0.3, -0.25) is 4.89 Å². The van der Waals surface area contributed by atoms with E-state index in [0.717, 1.165) is 11.1 Å². The van der Waals surface area contributed by atoms with Crippen LogP contribution in [0.3, 0.4) is 0 Å². The molecule has 3 heteroatoms. The summed E-state index contributed by atoms with van der Waals surface area (Å²) >= 11 is 0. The molecule has 0 saturated carbocycles. The van der Waals surface area contributed by atoms with E-state index in [-0.39, 0.29) is 5.41 Å². The summed E-state index contributed by atoms with van der Waals surface area (Å²) in [6.07, 6.45) is 0. The molecule has 0 amide bonds. The Morgan fingerprint density at radius 2 is 1.71 bits per heavy atom. The topological polar surface area (TPSA) is 35.5 Å². The number of hydrogen-bond acceptors (Lipinski definition) is 3. The quantitative estimate of drug-likeness (QED) is 0.593. The van der Waals surface area contributed by atoms with Gasteiger partial charge in [-0.25, -0.2) is 4.79 Å². The van der Waals surface area contributed by atoms with E-state index in [2.05, 4.69) is 0 Å². The van der Waals surface area contributed by atoms with Crippen LogP contribution in [0.2, 0.25) is 0 Å². The average molecular weight is 235 g/mol. The first-order valence-electron chi connectivity index (χ1n) is 5.59. The first kappa shape index (κ1) is 13.7. The minimum absolute atomic E-state index is 0.152. The minimum Gasteiger partial charge on any atom is -0.292 e. The zero-order chi connectivity index (χ0) is 13.1. The molecule has 0 aliphatic rings. The van der Waals surface area contributed by atoms with Gasteiger partial charge in [-0.2, -0.15) is 4.89 Å². The van der Waals surface area contributed by atoms with Crippen molar-refractivity contribution in [3.05, 3.63) is 41.5 Å². The van der Waals surface area contributed by atoms with Crippen LogP contribution in [0.15, 0.2) is 18.2 Å². The Balaban J connectivity index is 2.65. The van der Waals surface area contributed by atoms with Crippen LogP contribution in [0.5, 0.6) is 0 Å². The monoisotopic (exact) mass is 235 g/mol. The van der Waals surface area contributed by atoms with E-state index in [4.69, 9.17) is 9.78 Å². The second kappa shape index (κ2) is 5.32. The van der Waals surface area contributed by atoms with Gasteiger partial charge in [-0.15, -0.1) is 0 Å². The van der Waals surface area contributed by atoms with Crippen LogP contribution >= 0.6 is 0 Å². The highest BCUT2D eigenvalue weighted by Gasteiger charge is 2.17. The van der Waals surface area contributed by atoms with E-state index in [0.29, 0.717) is 5.56 Å². The smallest absolute Gasteiger partial charge is 0.292 e. The molecule has 1 aromatic rings. The predicted octanol–water partition coefficient (Wildman–Crippen LogP) is 3.60. The summed E-state index contributed by atoms with van der Waals surface area (Å²) in [5.74, 6) is -0.457. The highest BCUT2D eigenvalue weighted by atomic mass is 17.2. The van der Waals surface area contributed by atoms with Gasteiger partial charge >= 0.3 is 5.97 Å². The summed E-state index contributed by atoms with van der Waals surface area (Å²) in [7, 11) is 0. The fraction of sp³-hybridized carbons (Fsp3) is 0.429. The fourth-order valence-electron chi connectivity index (χ4n) is 1.39. The molecule has 0 unspecified atom stereocenters. The van der Waals surface area contributed by atoms with Crippen molar-refractivity contribution in [3.63, 3.8) is 0 Å². The van der Waals surface area contributed by atoms with Gasteiger partial charge < -0.3 is 0 Å². The van der Waals surface area contributed by atoms with Crippen molar-refractivity contribution in [1.82, 2.24) is 0 Å². The van der Waals surface area contributed by atoms with E-state index >= 15 is 0 Å². The zero-order valence-corrected chi connectivity index (χ0v) is 11.0. The van der Waals surface area contributed by atoms with Gasteiger partial charge in [0.15, 0.2) is 0 Å². The van der Waals surface area contributed by atoms with Crippen LogP contribution in [-0.2, 0) is 9.78 Å². The summed E-state index contributed by atoms with van der Waals surface area (Å²) in [6, 6.07) is 5.65. The van der Waals surface area contributed by atoms with Crippen LogP contribution in [0, 0.1) is 25.9 Å². The third-order valence-corrected chi connectivity index (χ3v) is 2.21. The van der Waals surface area contributed by atoms with E-state index in [1.807, 2.05) is 52.8 Å². The molecule has 0 aliphatic heterocycles. The molecular weight excluding hydrogens is 216 g/mol. The Kier molecular flexibility index (Phi) is 4.29. The Labute approximate surface area is 103 Å². The van der Waals surface area contributed by atoms with Crippen molar-refractivity contribution in [2.24, 2.45) is 5.41 Å². The lowest BCUT2D eigenvalue weighted by Gasteiger charge is -2.16. The van der Waals surface area contributed by atoms with Gasteiger partial charge in [0.25, 0.3) is 0 Å². The molecular formula is C14H19O3. The van der Waals surface area contributed by atoms with Crippen molar-refractivity contribution >= 4 is 5.97 Å². The van der Waals surface area contributed by atoms with Crippen LogP contribution < -0.4 is 0 Å². The molecule has 0 bridgehead atoms. The Morgan fingerprint density at radius 1 is 1.18 bits per heavy atom. The van der Waals surface area contributed by atoms with Gasteiger partial charge in [-0.1, -0.05) is 39.0 Å². The van der Waals surface area contributed by atoms with Gasteiger partial charge in [0.05, 0.1) is 5.56 Å². The normalized spacial score (nSPS) is 11.4. The van der Waals surface area contributed by atoms with Gasteiger partial charge in [0.1, 0.15) is 6.61 Å². The third kappa shape index (κ3) is 4.19. The van der Waals surface area contributed by atoms with E-state index < -0.39 is 5.97 Å². The average Bonchev–Trinajstić information content (AvgIpc) is 2.15. The number of carbonyl (C=O) groups excluding carboxylic acids is 1. The number of benzene rings is 1. The zero-order valence-electron chi connectivity index (χ0n) is 11.0. The van der Waals surface area contributed by atoms with Crippen LogP contribution in [0.4, 0.5) is 0 Å². The minimum atomic E-state index is -0.457.